The summed E-state index contributed by atoms with van der Waals surface area (Å²) in [4.78, 5) is 17.6. The number of methoxy groups -OCH3 is 1. The van der Waals surface area contributed by atoms with Gasteiger partial charge in [0.15, 0.2) is 0 Å². The van der Waals surface area contributed by atoms with Gasteiger partial charge in [-0.2, -0.15) is 5.10 Å². The molecule has 1 N–H and O–H groups in total. The number of carbonyl (C=O) groups excluding carboxylic acids is 1. The van der Waals surface area contributed by atoms with Crippen LogP contribution in [0.2, 0.25) is 5.15 Å². The van der Waals surface area contributed by atoms with Gasteiger partial charge in [0.05, 0.1) is 18.8 Å². The number of aromatic nitrogens is 1. The lowest BCUT2D eigenvalue weighted by molar-refractivity contribution is -0.121. The number of amides is 1. The number of hydrogen-bond acceptors (Lipinski definition) is 5. The molecule has 1 aromatic heterocycles. The molecular weight excluding hydrogens is 418 g/mol. The highest BCUT2D eigenvalue weighted by atomic mass is 35.5. The van der Waals surface area contributed by atoms with E-state index in [1.807, 2.05) is 54.2 Å². The van der Waals surface area contributed by atoms with Gasteiger partial charge in [0.25, 0.3) is 0 Å². The molecule has 0 aliphatic heterocycles. The minimum Gasteiger partial charge on any atom is -0.497 e. The van der Waals surface area contributed by atoms with Crippen LogP contribution in [0.3, 0.4) is 0 Å². The molecule has 0 atom stereocenters. The number of nitrogens with zero attached hydrogens (tertiary/aromatic N) is 2. The average molecular weight is 442 g/mol. The smallest absolute Gasteiger partial charge is 0.240 e. The van der Waals surface area contributed by atoms with Crippen LogP contribution in [0.1, 0.15) is 31.2 Å². The molecule has 0 fully saturated rings. The highest BCUT2D eigenvalue weighted by Gasteiger charge is 2.05. The third-order valence-corrected chi connectivity index (χ3v) is 5.86. The Morgan fingerprint density at radius 1 is 1.17 bits per heavy atom. The second-order valence-corrected chi connectivity index (χ2v) is 8.22. The Morgan fingerprint density at radius 2 is 2.00 bits per heavy atom. The predicted molar refractivity (Wildman–Crippen MR) is 125 cm³/mol. The second kappa shape index (κ2) is 11.6. The van der Waals surface area contributed by atoms with E-state index in [-0.39, 0.29) is 5.91 Å². The molecule has 0 unspecified atom stereocenters. The van der Waals surface area contributed by atoms with Crippen molar-refractivity contribution in [1.82, 2.24) is 10.4 Å². The zero-order valence-corrected chi connectivity index (χ0v) is 18.4. The summed E-state index contributed by atoms with van der Waals surface area (Å²) in [6, 6.07) is 17.8. The second-order valence-electron chi connectivity index (χ2n) is 6.69. The number of halogens is 1. The van der Waals surface area contributed by atoms with E-state index >= 15 is 0 Å². The van der Waals surface area contributed by atoms with Gasteiger partial charge in [0.2, 0.25) is 5.91 Å². The Labute approximate surface area is 185 Å². The minimum atomic E-state index is -0.100. The normalized spacial score (nSPS) is 11.1. The Hall–Kier alpha value is -2.57. The van der Waals surface area contributed by atoms with E-state index in [2.05, 4.69) is 27.6 Å². The molecule has 1 amide bonds. The Bertz CT molecular complexity index is 1010. The lowest BCUT2D eigenvalue weighted by Crippen LogP contribution is -2.17. The summed E-state index contributed by atoms with van der Waals surface area (Å²) in [5.41, 5.74) is 3.95. The molecule has 3 aromatic rings. The number of pyridine rings is 1. The highest BCUT2D eigenvalue weighted by Crippen LogP contribution is 2.23. The van der Waals surface area contributed by atoms with Crippen molar-refractivity contribution in [2.75, 3.05) is 12.9 Å². The first kappa shape index (κ1) is 22.1. The maximum absolute atomic E-state index is 12.0. The van der Waals surface area contributed by atoms with Crippen LogP contribution in [0.5, 0.6) is 5.75 Å². The number of carbonyl (C=O) groups is 1. The summed E-state index contributed by atoms with van der Waals surface area (Å²) < 4.78 is 5.20. The number of rotatable bonds is 10. The molecule has 1 heterocycles. The van der Waals surface area contributed by atoms with Crippen molar-refractivity contribution in [3.63, 3.8) is 0 Å². The summed E-state index contributed by atoms with van der Waals surface area (Å²) in [6.07, 6.45) is 4.92. The molecule has 0 aliphatic rings. The van der Waals surface area contributed by atoms with Crippen LogP contribution in [0.25, 0.3) is 10.9 Å². The molecule has 5 nitrogen and oxygen atoms in total. The van der Waals surface area contributed by atoms with E-state index in [9.17, 15) is 4.79 Å². The fourth-order valence-electron chi connectivity index (χ4n) is 2.86. The van der Waals surface area contributed by atoms with E-state index in [1.165, 1.54) is 11.1 Å². The SMILES string of the molecule is COc1ccc2cc(/C=N/NC(=O)CCCCCSc3ccccc3)c(Cl)nc2c1. The van der Waals surface area contributed by atoms with Gasteiger partial charge in [0, 0.05) is 28.3 Å². The van der Waals surface area contributed by atoms with Gasteiger partial charge in [-0.25, -0.2) is 10.4 Å². The zero-order valence-electron chi connectivity index (χ0n) is 16.8. The van der Waals surface area contributed by atoms with Crippen molar-refractivity contribution in [1.29, 1.82) is 0 Å². The van der Waals surface area contributed by atoms with Gasteiger partial charge in [0.1, 0.15) is 10.9 Å². The number of hydrazone groups is 1. The molecule has 3 rings (SSSR count). The Kier molecular flexibility index (Phi) is 8.53. The van der Waals surface area contributed by atoms with Crippen molar-refractivity contribution in [3.8, 4) is 5.75 Å². The number of benzene rings is 2. The van der Waals surface area contributed by atoms with E-state index in [4.69, 9.17) is 16.3 Å². The first-order valence-corrected chi connectivity index (χ1v) is 11.2. The van der Waals surface area contributed by atoms with Crippen LogP contribution in [0, 0.1) is 0 Å². The summed E-state index contributed by atoms with van der Waals surface area (Å²) in [6.45, 7) is 0. The van der Waals surface area contributed by atoms with Crippen LogP contribution < -0.4 is 10.2 Å². The molecular formula is C23H24ClN3O2S. The summed E-state index contributed by atoms with van der Waals surface area (Å²) in [5, 5.41) is 5.26. The third kappa shape index (κ3) is 6.75. The van der Waals surface area contributed by atoms with E-state index in [0.29, 0.717) is 17.1 Å². The topological polar surface area (TPSA) is 63.6 Å². The highest BCUT2D eigenvalue weighted by molar-refractivity contribution is 7.99. The van der Waals surface area contributed by atoms with Gasteiger partial charge in [-0.3, -0.25) is 4.79 Å². The fraction of sp³-hybridized carbons (Fsp3) is 0.261. The largest absolute Gasteiger partial charge is 0.497 e. The molecule has 0 saturated heterocycles. The fourth-order valence-corrected chi connectivity index (χ4v) is 3.99. The predicted octanol–water partition coefficient (Wildman–Crippen LogP) is 5.70. The van der Waals surface area contributed by atoms with Crippen molar-refractivity contribution in [2.45, 2.75) is 30.6 Å². The third-order valence-electron chi connectivity index (χ3n) is 4.46. The summed E-state index contributed by atoms with van der Waals surface area (Å²) in [5.74, 6) is 1.68. The van der Waals surface area contributed by atoms with Crippen LogP contribution in [-0.4, -0.2) is 30.0 Å². The van der Waals surface area contributed by atoms with Crippen LogP contribution in [0.4, 0.5) is 0 Å². The van der Waals surface area contributed by atoms with Crippen molar-refractivity contribution < 1.29 is 9.53 Å². The van der Waals surface area contributed by atoms with Crippen LogP contribution in [0.15, 0.2) is 64.6 Å². The van der Waals surface area contributed by atoms with Crippen molar-refractivity contribution in [3.05, 3.63) is 65.3 Å². The standard InChI is InChI=1S/C23H24ClN3O2S/c1-29-19-12-11-17-14-18(23(24)26-21(17)15-19)16-25-27-22(28)10-6-3-7-13-30-20-8-4-2-5-9-20/h2,4-5,8-9,11-12,14-16H,3,6-7,10,13H2,1H3,(H,27,28)/b25-16+. The van der Waals surface area contributed by atoms with Crippen molar-refractivity contribution >= 4 is 46.4 Å². The molecule has 0 radical (unpaired) electrons. The maximum atomic E-state index is 12.0. The average Bonchev–Trinajstić information content (AvgIpc) is 2.76. The molecule has 2 aromatic carbocycles. The molecule has 156 valence electrons. The van der Waals surface area contributed by atoms with E-state index in [1.54, 1.807) is 7.11 Å². The molecule has 0 spiro atoms. The van der Waals surface area contributed by atoms with Crippen LogP contribution >= 0.6 is 23.4 Å². The van der Waals surface area contributed by atoms with Gasteiger partial charge in [-0.1, -0.05) is 36.2 Å². The Balaban J connectivity index is 1.39. The van der Waals surface area contributed by atoms with Gasteiger partial charge >= 0.3 is 0 Å². The molecule has 0 saturated carbocycles. The molecule has 30 heavy (non-hydrogen) atoms. The lowest BCUT2D eigenvalue weighted by atomic mass is 10.1. The summed E-state index contributed by atoms with van der Waals surface area (Å²) in [7, 11) is 1.61. The molecule has 0 aliphatic carbocycles. The minimum absolute atomic E-state index is 0.100. The number of hydrogen-bond donors (Lipinski definition) is 1. The number of fused-ring (bicyclic) bond motifs is 1. The van der Waals surface area contributed by atoms with Gasteiger partial charge < -0.3 is 4.74 Å². The monoisotopic (exact) mass is 441 g/mol. The first-order valence-electron chi connectivity index (χ1n) is 9.80. The zero-order chi connectivity index (χ0) is 21.2. The van der Waals surface area contributed by atoms with Gasteiger partial charge in [-0.05, 0) is 48.9 Å². The maximum Gasteiger partial charge on any atom is 0.240 e. The van der Waals surface area contributed by atoms with Gasteiger partial charge in [-0.15, -0.1) is 11.8 Å². The quantitative estimate of drug-likeness (QED) is 0.144. The molecule has 7 heteroatoms. The number of unbranched alkanes of at least 4 members (excludes halogenated alkanes) is 2. The molecule has 0 bridgehead atoms. The lowest BCUT2D eigenvalue weighted by Gasteiger charge is -2.05. The van der Waals surface area contributed by atoms with E-state index < -0.39 is 0 Å². The number of nitrogens with one attached hydrogen (secondary N) is 1. The van der Waals surface area contributed by atoms with Crippen LogP contribution in [-0.2, 0) is 4.79 Å². The summed E-state index contributed by atoms with van der Waals surface area (Å²) >= 11 is 8.08. The first-order chi connectivity index (χ1) is 14.7. The van der Waals surface area contributed by atoms with Crippen molar-refractivity contribution in [2.24, 2.45) is 5.10 Å². The number of ether oxygens (including phenoxy) is 1. The van der Waals surface area contributed by atoms with E-state index in [0.717, 1.165) is 41.7 Å². The Morgan fingerprint density at radius 3 is 2.80 bits per heavy atom. The number of thioether (sulfide) groups is 1.